The summed E-state index contributed by atoms with van der Waals surface area (Å²) in [5.41, 5.74) is 5.74. The summed E-state index contributed by atoms with van der Waals surface area (Å²) in [5.74, 6) is 0.733. The summed E-state index contributed by atoms with van der Waals surface area (Å²) in [4.78, 5) is 14.0. The Balaban J connectivity index is 1.98. The van der Waals surface area contributed by atoms with Crippen LogP contribution in [0.2, 0.25) is 0 Å². The molecule has 94 valence electrons. The Morgan fingerprint density at radius 3 is 3.06 bits per heavy atom. The van der Waals surface area contributed by atoms with Gasteiger partial charge in [0.1, 0.15) is 6.54 Å². The number of rotatable bonds is 3. The Morgan fingerprint density at radius 1 is 1.59 bits per heavy atom. The minimum absolute atomic E-state index is 0.0813. The van der Waals surface area contributed by atoms with Crippen LogP contribution >= 0.6 is 0 Å². The number of nitrogens with two attached hydrogens (primary N) is 1. The minimum atomic E-state index is 0.0813. The number of hydrogen-bond donors (Lipinski definition) is 1. The standard InChI is InChI=1S/C11H19N5O/c1-9-2-4-16(10(6-9)7-12)11(17)8-15-5-3-13-14-15/h3,5,9-10H,2,4,6-8,12H2,1H3. The molecule has 0 radical (unpaired) electrons. The first kappa shape index (κ1) is 12.0. The molecule has 1 aromatic heterocycles. The molecule has 0 bridgehead atoms. The Morgan fingerprint density at radius 2 is 2.41 bits per heavy atom. The van der Waals surface area contributed by atoms with Gasteiger partial charge < -0.3 is 10.6 Å². The maximum absolute atomic E-state index is 12.1. The number of likely N-dealkylation sites (tertiary alicyclic amines) is 1. The molecule has 1 aliphatic rings. The fourth-order valence-electron chi connectivity index (χ4n) is 2.35. The van der Waals surface area contributed by atoms with Crippen LogP contribution in [0.15, 0.2) is 12.4 Å². The average Bonchev–Trinajstić information content (AvgIpc) is 2.81. The van der Waals surface area contributed by atoms with Gasteiger partial charge in [0.15, 0.2) is 0 Å². The van der Waals surface area contributed by atoms with Crippen LogP contribution < -0.4 is 5.73 Å². The highest BCUT2D eigenvalue weighted by Crippen LogP contribution is 2.22. The summed E-state index contributed by atoms with van der Waals surface area (Å²) in [7, 11) is 0. The van der Waals surface area contributed by atoms with E-state index in [0.717, 1.165) is 19.4 Å². The van der Waals surface area contributed by atoms with Gasteiger partial charge in [-0.1, -0.05) is 12.1 Å². The molecule has 0 saturated carbocycles. The summed E-state index contributed by atoms with van der Waals surface area (Å²) >= 11 is 0. The molecule has 2 rings (SSSR count). The van der Waals surface area contributed by atoms with Crippen LogP contribution in [0.25, 0.3) is 0 Å². The fourth-order valence-corrected chi connectivity index (χ4v) is 2.35. The molecule has 2 N–H and O–H groups in total. The first-order chi connectivity index (χ1) is 8.20. The molecular weight excluding hydrogens is 218 g/mol. The summed E-state index contributed by atoms with van der Waals surface area (Å²) in [6, 6.07) is 0.176. The Labute approximate surface area is 101 Å². The van der Waals surface area contributed by atoms with Gasteiger partial charge in [0.2, 0.25) is 5.91 Å². The van der Waals surface area contributed by atoms with E-state index in [1.54, 1.807) is 17.1 Å². The molecule has 1 aliphatic heterocycles. The van der Waals surface area contributed by atoms with E-state index in [0.29, 0.717) is 12.5 Å². The van der Waals surface area contributed by atoms with Crippen molar-refractivity contribution in [2.24, 2.45) is 11.7 Å². The third-order valence-electron chi connectivity index (χ3n) is 3.34. The predicted molar refractivity (Wildman–Crippen MR) is 63.0 cm³/mol. The molecule has 6 heteroatoms. The van der Waals surface area contributed by atoms with Crippen molar-refractivity contribution < 1.29 is 4.79 Å². The summed E-state index contributed by atoms with van der Waals surface area (Å²) < 4.78 is 1.55. The van der Waals surface area contributed by atoms with Gasteiger partial charge in [0.05, 0.1) is 6.20 Å². The molecule has 6 nitrogen and oxygen atoms in total. The lowest BCUT2D eigenvalue weighted by atomic mass is 9.92. The quantitative estimate of drug-likeness (QED) is 0.794. The molecule has 0 spiro atoms. The van der Waals surface area contributed by atoms with Crippen molar-refractivity contribution >= 4 is 5.91 Å². The molecule has 1 amide bonds. The van der Waals surface area contributed by atoms with Crippen molar-refractivity contribution in [3.05, 3.63) is 12.4 Å². The van der Waals surface area contributed by atoms with Gasteiger partial charge in [0, 0.05) is 25.3 Å². The Bertz CT molecular complexity index is 364. The van der Waals surface area contributed by atoms with E-state index >= 15 is 0 Å². The number of hydrogen-bond acceptors (Lipinski definition) is 4. The van der Waals surface area contributed by atoms with Crippen molar-refractivity contribution in [2.75, 3.05) is 13.1 Å². The Kier molecular flexibility index (Phi) is 3.73. The molecule has 0 aromatic carbocycles. The first-order valence-electron chi connectivity index (χ1n) is 6.04. The van der Waals surface area contributed by atoms with Gasteiger partial charge in [-0.25, -0.2) is 4.68 Å². The van der Waals surface area contributed by atoms with E-state index in [4.69, 9.17) is 5.73 Å². The minimum Gasteiger partial charge on any atom is -0.337 e. The van der Waals surface area contributed by atoms with E-state index < -0.39 is 0 Å². The van der Waals surface area contributed by atoms with Crippen LogP contribution in [0.4, 0.5) is 0 Å². The lowest BCUT2D eigenvalue weighted by molar-refractivity contribution is -0.136. The third kappa shape index (κ3) is 2.82. The highest BCUT2D eigenvalue weighted by atomic mass is 16.2. The number of nitrogens with zero attached hydrogens (tertiary/aromatic N) is 4. The van der Waals surface area contributed by atoms with E-state index in [1.807, 2.05) is 4.90 Å². The van der Waals surface area contributed by atoms with Gasteiger partial charge in [0.25, 0.3) is 0 Å². The summed E-state index contributed by atoms with van der Waals surface area (Å²) in [5, 5.41) is 7.49. The summed E-state index contributed by atoms with van der Waals surface area (Å²) in [6.45, 7) is 3.80. The number of carbonyl (C=O) groups excluding carboxylic acids is 1. The predicted octanol–water partition coefficient (Wildman–Crippen LogP) is -0.136. The second-order valence-corrected chi connectivity index (χ2v) is 4.71. The molecule has 1 fully saturated rings. The largest absolute Gasteiger partial charge is 0.337 e. The smallest absolute Gasteiger partial charge is 0.244 e. The van der Waals surface area contributed by atoms with Crippen LogP contribution in [-0.2, 0) is 11.3 Å². The monoisotopic (exact) mass is 237 g/mol. The maximum atomic E-state index is 12.1. The second-order valence-electron chi connectivity index (χ2n) is 4.71. The fraction of sp³-hybridized carbons (Fsp3) is 0.727. The van der Waals surface area contributed by atoms with Crippen molar-refractivity contribution in [1.82, 2.24) is 19.9 Å². The zero-order chi connectivity index (χ0) is 12.3. The van der Waals surface area contributed by atoms with Gasteiger partial charge >= 0.3 is 0 Å². The van der Waals surface area contributed by atoms with Crippen molar-refractivity contribution in [1.29, 1.82) is 0 Å². The SMILES string of the molecule is CC1CCN(C(=O)Cn2ccnn2)C(CN)C1. The molecule has 2 atom stereocenters. The van der Waals surface area contributed by atoms with Gasteiger partial charge in [-0.3, -0.25) is 4.79 Å². The van der Waals surface area contributed by atoms with Crippen LogP contribution in [-0.4, -0.2) is 44.9 Å². The summed E-state index contributed by atoms with van der Waals surface area (Å²) in [6.07, 6.45) is 5.33. The maximum Gasteiger partial charge on any atom is 0.244 e. The first-order valence-corrected chi connectivity index (χ1v) is 6.04. The van der Waals surface area contributed by atoms with Gasteiger partial charge in [-0.15, -0.1) is 5.10 Å². The molecule has 17 heavy (non-hydrogen) atoms. The lowest BCUT2D eigenvalue weighted by Crippen LogP contribution is -2.50. The van der Waals surface area contributed by atoms with Gasteiger partial charge in [-0.05, 0) is 18.8 Å². The van der Waals surface area contributed by atoms with Crippen molar-refractivity contribution in [3.8, 4) is 0 Å². The molecule has 2 unspecified atom stereocenters. The molecular formula is C11H19N5O. The van der Waals surface area contributed by atoms with Gasteiger partial charge in [-0.2, -0.15) is 0 Å². The lowest BCUT2D eigenvalue weighted by Gasteiger charge is -2.37. The number of aromatic nitrogens is 3. The van der Waals surface area contributed by atoms with E-state index in [9.17, 15) is 4.79 Å². The van der Waals surface area contributed by atoms with Crippen LogP contribution in [0, 0.1) is 5.92 Å². The number of amides is 1. The highest BCUT2D eigenvalue weighted by Gasteiger charge is 2.28. The van der Waals surface area contributed by atoms with Crippen LogP contribution in [0.1, 0.15) is 19.8 Å². The Hall–Kier alpha value is -1.43. The van der Waals surface area contributed by atoms with E-state index in [2.05, 4.69) is 17.2 Å². The zero-order valence-corrected chi connectivity index (χ0v) is 10.1. The zero-order valence-electron chi connectivity index (χ0n) is 10.1. The molecule has 1 saturated heterocycles. The van der Waals surface area contributed by atoms with Crippen molar-refractivity contribution in [2.45, 2.75) is 32.4 Å². The molecule has 0 aliphatic carbocycles. The molecule has 2 heterocycles. The highest BCUT2D eigenvalue weighted by molar-refractivity contribution is 5.76. The third-order valence-corrected chi connectivity index (χ3v) is 3.34. The second kappa shape index (κ2) is 5.27. The van der Waals surface area contributed by atoms with Crippen LogP contribution in [0.3, 0.4) is 0 Å². The van der Waals surface area contributed by atoms with E-state index in [-0.39, 0.29) is 18.5 Å². The molecule has 1 aromatic rings. The number of carbonyl (C=O) groups is 1. The van der Waals surface area contributed by atoms with Crippen molar-refractivity contribution in [3.63, 3.8) is 0 Å². The normalized spacial score (nSPS) is 24.9. The van der Waals surface area contributed by atoms with E-state index in [1.165, 1.54) is 0 Å². The van der Waals surface area contributed by atoms with Crippen LogP contribution in [0.5, 0.6) is 0 Å². The topological polar surface area (TPSA) is 77.0 Å². The average molecular weight is 237 g/mol. The number of piperidine rings is 1.